The first-order chi connectivity index (χ1) is 13.9. The minimum atomic E-state index is -0.696. The maximum Gasteiger partial charge on any atom is 0.223 e. The molecule has 1 aromatic heterocycles. The number of rotatable bonds is 3. The summed E-state index contributed by atoms with van der Waals surface area (Å²) in [5.41, 5.74) is 0.325. The first kappa shape index (κ1) is 19.7. The average Bonchev–Trinajstić information content (AvgIpc) is 2.70. The molecule has 2 aliphatic rings. The van der Waals surface area contributed by atoms with Crippen molar-refractivity contribution in [1.82, 2.24) is 9.88 Å². The second-order valence-electron chi connectivity index (χ2n) is 7.23. The van der Waals surface area contributed by atoms with Crippen molar-refractivity contribution in [2.24, 2.45) is 0 Å². The molecule has 0 N–H and O–H groups in total. The molecule has 1 saturated heterocycles. The fraction of sp³-hybridized carbons (Fsp3) is 0.286. The predicted octanol–water partition coefficient (Wildman–Crippen LogP) is 3.23. The zero-order valence-electron chi connectivity index (χ0n) is 15.7. The number of halogens is 3. The summed E-state index contributed by atoms with van der Waals surface area (Å²) >= 11 is 6.12. The summed E-state index contributed by atoms with van der Waals surface area (Å²) in [6, 6.07) is 5.43. The number of nitrogens with zero attached hydrogens (tertiary/aromatic N) is 3. The van der Waals surface area contributed by atoms with E-state index in [1.54, 1.807) is 11.0 Å². The van der Waals surface area contributed by atoms with E-state index in [2.05, 4.69) is 9.88 Å². The van der Waals surface area contributed by atoms with Crippen molar-refractivity contribution in [1.29, 1.82) is 0 Å². The van der Waals surface area contributed by atoms with Crippen molar-refractivity contribution in [3.63, 3.8) is 0 Å². The lowest BCUT2D eigenvalue weighted by Gasteiger charge is -2.34. The molecule has 8 heteroatoms. The van der Waals surface area contributed by atoms with Crippen molar-refractivity contribution < 1.29 is 18.4 Å². The largest absolute Gasteiger partial charge is 0.364 e. The fourth-order valence-electron chi connectivity index (χ4n) is 3.69. The molecule has 2 heterocycles. The first-order valence-electron chi connectivity index (χ1n) is 9.21. The molecule has 0 saturated carbocycles. The van der Waals surface area contributed by atoms with E-state index in [-0.39, 0.29) is 39.5 Å². The normalized spacial score (nSPS) is 17.7. The molecule has 29 heavy (non-hydrogen) atoms. The quantitative estimate of drug-likeness (QED) is 0.767. The summed E-state index contributed by atoms with van der Waals surface area (Å²) in [4.78, 5) is 32.9. The van der Waals surface area contributed by atoms with Crippen LogP contribution >= 0.6 is 11.6 Å². The van der Waals surface area contributed by atoms with Gasteiger partial charge in [-0.15, -0.1) is 0 Å². The number of carbonyl (C=O) groups is 2. The second-order valence-corrected chi connectivity index (χ2v) is 7.60. The topological polar surface area (TPSA) is 53.5 Å². The van der Waals surface area contributed by atoms with E-state index in [1.807, 2.05) is 7.05 Å². The molecule has 2 aromatic rings. The van der Waals surface area contributed by atoms with Gasteiger partial charge in [0.1, 0.15) is 23.0 Å². The van der Waals surface area contributed by atoms with Crippen LogP contribution in [0.15, 0.2) is 41.1 Å². The van der Waals surface area contributed by atoms with Gasteiger partial charge >= 0.3 is 0 Å². The molecule has 5 nitrogen and oxygen atoms in total. The van der Waals surface area contributed by atoms with Crippen LogP contribution in [-0.4, -0.2) is 54.7 Å². The lowest BCUT2D eigenvalue weighted by atomic mass is 9.89. The molecule has 0 spiro atoms. The molecule has 0 amide bonds. The number of pyridine rings is 1. The number of anilines is 1. The van der Waals surface area contributed by atoms with Crippen molar-refractivity contribution in [2.75, 3.05) is 38.1 Å². The highest BCUT2D eigenvalue weighted by molar-refractivity contribution is 6.49. The van der Waals surface area contributed by atoms with Gasteiger partial charge in [0.15, 0.2) is 5.78 Å². The molecule has 0 radical (unpaired) electrons. The maximum absolute atomic E-state index is 14.8. The molecule has 4 rings (SSSR count). The van der Waals surface area contributed by atoms with Crippen LogP contribution in [0.1, 0.15) is 26.4 Å². The van der Waals surface area contributed by atoms with E-state index >= 15 is 0 Å². The summed E-state index contributed by atoms with van der Waals surface area (Å²) in [6.07, 6.45) is 1.26. The molecule has 0 atom stereocenters. The van der Waals surface area contributed by atoms with E-state index in [4.69, 9.17) is 11.6 Å². The van der Waals surface area contributed by atoms with Gasteiger partial charge in [-0.05, 0) is 36.9 Å². The minimum absolute atomic E-state index is 0.00553. The molecule has 1 aliphatic heterocycles. The number of aromatic nitrogens is 1. The SMILES string of the molecule is CN1CCN(c2c(F)cc(CC3=C(Cl)C(=O)c4ncccc4C3=O)cc2F)CC1. The Kier molecular flexibility index (Phi) is 5.19. The fourth-order valence-corrected chi connectivity index (χ4v) is 3.93. The molecule has 1 aromatic carbocycles. The Bertz CT molecular complexity index is 1020. The van der Waals surface area contributed by atoms with Crippen molar-refractivity contribution >= 4 is 28.9 Å². The van der Waals surface area contributed by atoms with E-state index in [9.17, 15) is 18.4 Å². The van der Waals surface area contributed by atoms with Crippen LogP contribution < -0.4 is 4.90 Å². The number of likely N-dealkylation sites (N-methyl/N-ethyl adjacent to an activating group) is 1. The molecule has 150 valence electrons. The number of carbonyl (C=O) groups excluding carboxylic acids is 2. The summed E-state index contributed by atoms with van der Waals surface area (Å²) in [5.74, 6) is -2.41. The minimum Gasteiger partial charge on any atom is -0.364 e. The second kappa shape index (κ2) is 7.65. The highest BCUT2D eigenvalue weighted by Crippen LogP contribution is 2.32. The van der Waals surface area contributed by atoms with Gasteiger partial charge in [0.2, 0.25) is 5.78 Å². The summed E-state index contributed by atoms with van der Waals surface area (Å²) < 4.78 is 29.5. The Hall–Kier alpha value is -2.64. The number of hydrogen-bond donors (Lipinski definition) is 0. The van der Waals surface area contributed by atoms with Crippen molar-refractivity contribution in [3.8, 4) is 0 Å². The first-order valence-corrected chi connectivity index (χ1v) is 9.59. The number of allylic oxidation sites excluding steroid dienone is 2. The van der Waals surface area contributed by atoms with E-state index in [1.165, 1.54) is 24.4 Å². The van der Waals surface area contributed by atoms with Crippen molar-refractivity contribution in [3.05, 3.63) is 69.5 Å². The third-order valence-corrected chi connectivity index (χ3v) is 5.68. The number of piperazine rings is 1. The third kappa shape index (κ3) is 3.56. The van der Waals surface area contributed by atoms with Crippen LogP contribution in [0.5, 0.6) is 0 Å². The van der Waals surface area contributed by atoms with E-state index in [0.717, 1.165) is 0 Å². The van der Waals surface area contributed by atoms with Gasteiger partial charge in [-0.3, -0.25) is 14.6 Å². The lowest BCUT2D eigenvalue weighted by molar-refractivity contribution is 0.0975. The number of Topliss-reactive ketones (excluding diaryl/α,β-unsaturated/α-hetero) is 2. The van der Waals surface area contributed by atoms with Gasteiger partial charge in [0.25, 0.3) is 0 Å². The summed E-state index contributed by atoms with van der Waals surface area (Å²) in [5, 5.41) is -0.259. The zero-order chi connectivity index (χ0) is 20.7. The molecule has 1 aliphatic carbocycles. The Balaban J connectivity index is 1.64. The molecule has 0 bridgehead atoms. The van der Waals surface area contributed by atoms with E-state index in [0.29, 0.717) is 26.2 Å². The molecule has 0 unspecified atom stereocenters. The average molecular weight is 418 g/mol. The summed E-state index contributed by atoms with van der Waals surface area (Å²) in [6.45, 7) is 2.48. The van der Waals surface area contributed by atoms with Crippen LogP contribution in [0, 0.1) is 11.6 Å². The Morgan fingerprint density at radius 1 is 1.07 bits per heavy atom. The smallest absolute Gasteiger partial charge is 0.223 e. The van der Waals surface area contributed by atoms with Crippen LogP contribution in [0.4, 0.5) is 14.5 Å². The Morgan fingerprint density at radius 2 is 1.72 bits per heavy atom. The van der Waals surface area contributed by atoms with Crippen molar-refractivity contribution in [2.45, 2.75) is 6.42 Å². The number of ketones is 2. The third-order valence-electron chi connectivity index (χ3n) is 5.28. The van der Waals surface area contributed by atoms with Gasteiger partial charge in [-0.2, -0.15) is 0 Å². The summed E-state index contributed by atoms with van der Waals surface area (Å²) in [7, 11) is 1.96. The number of benzene rings is 1. The zero-order valence-corrected chi connectivity index (χ0v) is 16.5. The van der Waals surface area contributed by atoms with Crippen LogP contribution in [-0.2, 0) is 6.42 Å². The molecule has 1 fully saturated rings. The maximum atomic E-state index is 14.8. The predicted molar refractivity (Wildman–Crippen MR) is 106 cm³/mol. The van der Waals surface area contributed by atoms with Gasteiger partial charge in [-0.1, -0.05) is 11.6 Å². The van der Waals surface area contributed by atoms with Crippen LogP contribution in [0.25, 0.3) is 0 Å². The number of hydrogen-bond acceptors (Lipinski definition) is 5. The van der Waals surface area contributed by atoms with Gasteiger partial charge in [0.05, 0.1) is 10.6 Å². The molecular formula is C21H18ClF2N3O2. The lowest BCUT2D eigenvalue weighted by Crippen LogP contribution is -2.45. The standard InChI is InChI=1S/C21H18ClF2N3O2/c1-26-5-7-27(8-6-26)19-15(23)10-12(11-16(19)24)9-14-17(22)21(29)18-13(20(14)28)3-2-4-25-18/h2-4,10-11H,5-9H2,1H3. The molecular weight excluding hydrogens is 400 g/mol. The van der Waals surface area contributed by atoms with Gasteiger partial charge < -0.3 is 9.80 Å². The van der Waals surface area contributed by atoms with Gasteiger partial charge in [0, 0.05) is 44.4 Å². The Labute approximate surface area is 171 Å². The monoisotopic (exact) mass is 417 g/mol. The van der Waals surface area contributed by atoms with Gasteiger partial charge in [-0.25, -0.2) is 8.78 Å². The van der Waals surface area contributed by atoms with Crippen LogP contribution in [0.2, 0.25) is 0 Å². The highest BCUT2D eigenvalue weighted by atomic mass is 35.5. The number of fused-ring (bicyclic) bond motifs is 1. The van der Waals surface area contributed by atoms with Crippen LogP contribution in [0.3, 0.4) is 0 Å². The highest BCUT2D eigenvalue weighted by Gasteiger charge is 2.32. The van der Waals surface area contributed by atoms with E-state index < -0.39 is 23.2 Å². The Morgan fingerprint density at radius 3 is 2.38 bits per heavy atom.